The molecule has 2 aliphatic heterocycles. The number of piperazine rings is 1. The van der Waals surface area contributed by atoms with E-state index in [2.05, 4.69) is 18.7 Å². The molecule has 3 aromatic rings. The highest BCUT2D eigenvalue weighted by molar-refractivity contribution is 7.89. The second-order valence-electron chi connectivity index (χ2n) is 10.00. The first-order valence-corrected chi connectivity index (χ1v) is 15.1. The predicted octanol–water partition coefficient (Wildman–Crippen LogP) is 4.59. The first-order chi connectivity index (χ1) is 17.7. The van der Waals surface area contributed by atoms with E-state index < -0.39 is 10.0 Å². The quantitative estimate of drug-likeness (QED) is 0.452. The molecule has 5 rings (SSSR count). The van der Waals surface area contributed by atoms with Crippen molar-refractivity contribution in [2.45, 2.75) is 25.2 Å². The average Bonchev–Trinajstić information content (AvgIpc) is 3.35. The second kappa shape index (κ2) is 10.4. The highest BCUT2D eigenvalue weighted by Crippen LogP contribution is 2.39. The van der Waals surface area contributed by atoms with Crippen LogP contribution in [-0.4, -0.2) is 74.9 Å². The third-order valence-corrected chi connectivity index (χ3v) is 10.5. The Morgan fingerprint density at radius 1 is 1.03 bits per heavy atom. The average molecular weight is 563 g/mol. The van der Waals surface area contributed by atoms with E-state index >= 15 is 0 Å². The van der Waals surface area contributed by atoms with Crippen molar-refractivity contribution in [3.05, 3.63) is 47.0 Å². The lowest BCUT2D eigenvalue weighted by Crippen LogP contribution is -2.48. The number of benzene rings is 2. The number of piperidine rings is 1. The molecule has 0 radical (unpaired) electrons. The third kappa shape index (κ3) is 5.16. The van der Waals surface area contributed by atoms with E-state index in [0.717, 1.165) is 21.8 Å². The van der Waals surface area contributed by atoms with Crippen molar-refractivity contribution >= 4 is 54.2 Å². The molecule has 2 unspecified atom stereocenters. The molecule has 2 fully saturated rings. The van der Waals surface area contributed by atoms with Crippen LogP contribution in [0.2, 0.25) is 5.02 Å². The van der Waals surface area contributed by atoms with Crippen LogP contribution in [0.4, 0.5) is 5.13 Å². The second-order valence-corrected chi connectivity index (χ2v) is 13.3. The molecule has 0 spiro atoms. The van der Waals surface area contributed by atoms with Crippen molar-refractivity contribution in [1.29, 1.82) is 0 Å². The normalized spacial score (nSPS) is 21.4. The minimum Gasteiger partial charge on any atom is -0.494 e. The Morgan fingerprint density at radius 2 is 1.68 bits per heavy atom. The standard InChI is InChI=1S/C26H31ClN4O4S2/c1-17-14-18(2)16-31(15-17)37(33,34)20-6-4-19(5-7-20)25(32)29-10-12-30(13-11-29)26-28-23-22(35-3)9-8-21(27)24(23)36-26/h4-9,17-18H,10-16H2,1-3H3. The van der Waals surface area contributed by atoms with Crippen LogP contribution in [-0.2, 0) is 10.0 Å². The molecule has 0 aliphatic carbocycles. The summed E-state index contributed by atoms with van der Waals surface area (Å²) in [5.41, 5.74) is 1.24. The summed E-state index contributed by atoms with van der Waals surface area (Å²) in [5.74, 6) is 1.25. The van der Waals surface area contributed by atoms with Crippen LogP contribution in [0.1, 0.15) is 30.6 Å². The Balaban J connectivity index is 1.24. The smallest absolute Gasteiger partial charge is 0.253 e. The Morgan fingerprint density at radius 3 is 2.30 bits per heavy atom. The Bertz CT molecular complexity index is 1390. The molecule has 2 aromatic carbocycles. The van der Waals surface area contributed by atoms with E-state index in [1.165, 1.54) is 11.3 Å². The summed E-state index contributed by atoms with van der Waals surface area (Å²) in [4.78, 5) is 22.1. The zero-order valence-electron chi connectivity index (χ0n) is 21.2. The van der Waals surface area contributed by atoms with Crippen molar-refractivity contribution in [2.24, 2.45) is 11.8 Å². The van der Waals surface area contributed by atoms with Crippen LogP contribution in [0.15, 0.2) is 41.3 Å². The number of ether oxygens (including phenoxy) is 1. The zero-order valence-corrected chi connectivity index (χ0v) is 23.6. The van der Waals surface area contributed by atoms with E-state index in [1.807, 2.05) is 12.1 Å². The maximum atomic E-state index is 13.2. The molecule has 0 N–H and O–H groups in total. The zero-order chi connectivity index (χ0) is 26.3. The minimum atomic E-state index is -3.57. The summed E-state index contributed by atoms with van der Waals surface area (Å²) < 4.78 is 34.2. The lowest BCUT2D eigenvalue weighted by molar-refractivity contribution is 0.0746. The maximum absolute atomic E-state index is 13.2. The van der Waals surface area contributed by atoms with Gasteiger partial charge in [0.2, 0.25) is 10.0 Å². The fraction of sp³-hybridized carbons (Fsp3) is 0.462. The first-order valence-electron chi connectivity index (χ1n) is 12.4. The molecule has 2 atom stereocenters. The monoisotopic (exact) mass is 562 g/mol. The molecule has 3 heterocycles. The summed E-state index contributed by atoms with van der Waals surface area (Å²) >= 11 is 7.89. The molecule has 1 amide bonds. The van der Waals surface area contributed by atoms with E-state index in [4.69, 9.17) is 21.3 Å². The number of nitrogens with zero attached hydrogens (tertiary/aromatic N) is 4. The lowest BCUT2D eigenvalue weighted by atomic mass is 9.94. The maximum Gasteiger partial charge on any atom is 0.253 e. The van der Waals surface area contributed by atoms with Gasteiger partial charge in [-0.2, -0.15) is 4.31 Å². The van der Waals surface area contributed by atoms with Crippen molar-refractivity contribution in [1.82, 2.24) is 14.2 Å². The summed E-state index contributed by atoms with van der Waals surface area (Å²) in [6, 6.07) is 9.99. The molecule has 0 saturated carbocycles. The number of amides is 1. The molecule has 1 aromatic heterocycles. The van der Waals surface area contributed by atoms with E-state index in [1.54, 1.807) is 40.6 Å². The van der Waals surface area contributed by atoms with Gasteiger partial charge in [-0.1, -0.05) is 36.8 Å². The molecule has 37 heavy (non-hydrogen) atoms. The van der Waals surface area contributed by atoms with Crippen molar-refractivity contribution < 1.29 is 17.9 Å². The van der Waals surface area contributed by atoms with Crippen LogP contribution in [0.5, 0.6) is 5.75 Å². The molecule has 2 saturated heterocycles. The molecule has 11 heteroatoms. The molecule has 0 bridgehead atoms. The van der Waals surface area contributed by atoms with Gasteiger partial charge in [-0.3, -0.25) is 4.79 Å². The summed E-state index contributed by atoms with van der Waals surface area (Å²) in [6.45, 7) is 7.61. The van der Waals surface area contributed by atoms with Gasteiger partial charge in [0.1, 0.15) is 11.3 Å². The summed E-state index contributed by atoms with van der Waals surface area (Å²) in [7, 11) is -1.96. The number of carbonyl (C=O) groups is 1. The Hall–Kier alpha value is -2.40. The van der Waals surface area contributed by atoms with E-state index in [9.17, 15) is 13.2 Å². The number of hydrogen-bond donors (Lipinski definition) is 0. The van der Waals surface area contributed by atoms with Gasteiger partial charge in [-0.25, -0.2) is 13.4 Å². The molecular weight excluding hydrogens is 532 g/mol. The number of rotatable bonds is 5. The number of fused-ring (bicyclic) bond motifs is 1. The molecule has 198 valence electrons. The number of halogens is 1. The number of carbonyl (C=O) groups excluding carboxylic acids is 1. The van der Waals surface area contributed by atoms with Gasteiger partial charge in [-0.05, 0) is 54.7 Å². The van der Waals surface area contributed by atoms with Gasteiger partial charge >= 0.3 is 0 Å². The van der Waals surface area contributed by atoms with Gasteiger partial charge in [0.25, 0.3) is 5.91 Å². The lowest BCUT2D eigenvalue weighted by Gasteiger charge is -2.35. The van der Waals surface area contributed by atoms with Crippen molar-refractivity contribution in [3.63, 3.8) is 0 Å². The number of hydrogen-bond acceptors (Lipinski definition) is 7. The number of aromatic nitrogens is 1. The number of anilines is 1. The Labute approximate surface area is 226 Å². The minimum absolute atomic E-state index is 0.0992. The highest BCUT2D eigenvalue weighted by atomic mass is 35.5. The van der Waals surface area contributed by atoms with Crippen LogP contribution >= 0.6 is 22.9 Å². The number of sulfonamides is 1. The Kier molecular flexibility index (Phi) is 7.37. The molecular formula is C26H31ClN4O4S2. The van der Waals surface area contributed by atoms with Crippen LogP contribution in [0.3, 0.4) is 0 Å². The van der Waals surface area contributed by atoms with Crippen LogP contribution < -0.4 is 9.64 Å². The largest absolute Gasteiger partial charge is 0.494 e. The predicted molar refractivity (Wildman–Crippen MR) is 147 cm³/mol. The SMILES string of the molecule is COc1ccc(Cl)c2sc(N3CCN(C(=O)c4ccc(S(=O)(=O)N5CC(C)CC(C)C5)cc4)CC3)nc12. The van der Waals surface area contributed by atoms with Gasteiger partial charge in [0.05, 0.1) is 21.7 Å². The van der Waals surface area contributed by atoms with E-state index in [-0.39, 0.29) is 10.8 Å². The highest BCUT2D eigenvalue weighted by Gasteiger charge is 2.32. The fourth-order valence-corrected chi connectivity index (χ4v) is 8.23. The topological polar surface area (TPSA) is 83.0 Å². The van der Waals surface area contributed by atoms with Gasteiger partial charge in [0.15, 0.2) is 5.13 Å². The fourth-order valence-electron chi connectivity index (χ4n) is 5.25. The van der Waals surface area contributed by atoms with Gasteiger partial charge in [-0.15, -0.1) is 0 Å². The van der Waals surface area contributed by atoms with Crippen LogP contribution in [0.25, 0.3) is 10.2 Å². The van der Waals surface area contributed by atoms with Gasteiger partial charge < -0.3 is 14.5 Å². The summed E-state index contributed by atoms with van der Waals surface area (Å²) in [6.07, 6.45) is 1.04. The van der Waals surface area contributed by atoms with Crippen molar-refractivity contribution in [2.75, 3.05) is 51.3 Å². The first kappa shape index (κ1) is 26.2. The number of methoxy groups -OCH3 is 1. The van der Waals surface area contributed by atoms with Crippen LogP contribution in [0, 0.1) is 11.8 Å². The third-order valence-electron chi connectivity index (χ3n) is 7.08. The molecule has 2 aliphatic rings. The molecule has 8 nitrogen and oxygen atoms in total. The van der Waals surface area contributed by atoms with Crippen molar-refractivity contribution in [3.8, 4) is 5.75 Å². The van der Waals surface area contributed by atoms with Gasteiger partial charge in [0, 0.05) is 44.8 Å². The summed E-state index contributed by atoms with van der Waals surface area (Å²) in [5, 5.41) is 1.49. The number of thiazole rings is 1. The van der Waals surface area contributed by atoms with E-state index in [0.29, 0.717) is 67.4 Å².